The van der Waals surface area contributed by atoms with Crippen molar-refractivity contribution in [1.82, 2.24) is 0 Å². The second kappa shape index (κ2) is 6.53. The predicted octanol–water partition coefficient (Wildman–Crippen LogP) is 2.38. The van der Waals surface area contributed by atoms with Crippen molar-refractivity contribution >= 4 is 17.7 Å². The van der Waals surface area contributed by atoms with Gasteiger partial charge in [-0.15, -0.1) is 0 Å². The molecule has 0 saturated carbocycles. The van der Waals surface area contributed by atoms with Gasteiger partial charge in [0.05, 0.1) is 6.42 Å². The van der Waals surface area contributed by atoms with Crippen LogP contribution in [0, 0.1) is 0 Å². The molecule has 0 aliphatic heterocycles. The van der Waals surface area contributed by atoms with E-state index in [9.17, 15) is 4.79 Å². The molecule has 0 bridgehead atoms. The van der Waals surface area contributed by atoms with E-state index in [1.54, 1.807) is 11.8 Å². The van der Waals surface area contributed by atoms with Crippen LogP contribution in [0.3, 0.4) is 0 Å². The maximum Gasteiger partial charge on any atom is 0.304 e. The summed E-state index contributed by atoms with van der Waals surface area (Å²) in [7, 11) is 0. The van der Waals surface area contributed by atoms with Crippen LogP contribution in [-0.4, -0.2) is 22.1 Å². The van der Waals surface area contributed by atoms with Gasteiger partial charge in [0.15, 0.2) is 0 Å². The third-order valence-electron chi connectivity index (χ3n) is 1.41. The van der Waals surface area contributed by atoms with Gasteiger partial charge in [-0.3, -0.25) is 4.79 Å². The van der Waals surface area contributed by atoms with Crippen molar-refractivity contribution in [3.8, 4) is 0 Å². The van der Waals surface area contributed by atoms with E-state index >= 15 is 0 Å². The normalized spacial score (nSPS) is 12.9. The first-order valence-electron chi connectivity index (χ1n) is 4.00. The minimum absolute atomic E-state index is 0.290. The van der Waals surface area contributed by atoms with Crippen LogP contribution in [-0.2, 0) is 4.79 Å². The van der Waals surface area contributed by atoms with E-state index in [1.165, 1.54) is 12.8 Å². The van der Waals surface area contributed by atoms with Crippen molar-refractivity contribution < 1.29 is 9.90 Å². The van der Waals surface area contributed by atoms with E-state index in [0.717, 1.165) is 5.75 Å². The molecular formula is C8H16O2S. The van der Waals surface area contributed by atoms with E-state index in [0.29, 0.717) is 11.7 Å². The summed E-state index contributed by atoms with van der Waals surface area (Å²) in [4.78, 5) is 10.1. The SMILES string of the molecule is CCCC(C)SCCC(=O)O. The molecule has 0 heterocycles. The summed E-state index contributed by atoms with van der Waals surface area (Å²) in [5.41, 5.74) is 0. The molecule has 0 saturated heterocycles. The molecule has 0 aromatic carbocycles. The third-order valence-corrected chi connectivity index (χ3v) is 2.66. The molecule has 0 radical (unpaired) electrons. The van der Waals surface area contributed by atoms with Crippen molar-refractivity contribution in [2.45, 2.75) is 38.4 Å². The van der Waals surface area contributed by atoms with E-state index in [2.05, 4.69) is 13.8 Å². The summed E-state index contributed by atoms with van der Waals surface area (Å²) < 4.78 is 0. The quantitative estimate of drug-likeness (QED) is 0.675. The van der Waals surface area contributed by atoms with Crippen LogP contribution in [0.25, 0.3) is 0 Å². The Morgan fingerprint density at radius 3 is 2.73 bits per heavy atom. The van der Waals surface area contributed by atoms with Crippen molar-refractivity contribution in [3.05, 3.63) is 0 Å². The van der Waals surface area contributed by atoms with Crippen molar-refractivity contribution in [2.75, 3.05) is 5.75 Å². The Kier molecular flexibility index (Phi) is 6.42. The van der Waals surface area contributed by atoms with Crippen LogP contribution in [0.2, 0.25) is 0 Å². The average Bonchev–Trinajstić information content (AvgIpc) is 1.87. The second-order valence-electron chi connectivity index (χ2n) is 2.61. The maximum absolute atomic E-state index is 10.1. The highest BCUT2D eigenvalue weighted by Gasteiger charge is 2.02. The zero-order valence-electron chi connectivity index (χ0n) is 7.17. The molecule has 2 nitrogen and oxygen atoms in total. The van der Waals surface area contributed by atoms with Crippen LogP contribution in [0.1, 0.15) is 33.1 Å². The van der Waals surface area contributed by atoms with E-state index in [1.807, 2.05) is 0 Å². The van der Waals surface area contributed by atoms with E-state index < -0.39 is 5.97 Å². The molecule has 0 amide bonds. The van der Waals surface area contributed by atoms with Gasteiger partial charge in [-0.05, 0) is 6.42 Å². The Morgan fingerprint density at radius 2 is 2.27 bits per heavy atom. The van der Waals surface area contributed by atoms with Crippen molar-refractivity contribution in [2.24, 2.45) is 0 Å². The number of carbonyl (C=O) groups is 1. The first-order chi connectivity index (χ1) is 5.16. The van der Waals surface area contributed by atoms with Gasteiger partial charge in [0, 0.05) is 11.0 Å². The molecule has 1 N–H and O–H groups in total. The Morgan fingerprint density at radius 1 is 1.64 bits per heavy atom. The van der Waals surface area contributed by atoms with E-state index in [4.69, 9.17) is 5.11 Å². The molecule has 3 heteroatoms. The molecule has 66 valence electrons. The first-order valence-corrected chi connectivity index (χ1v) is 5.05. The van der Waals surface area contributed by atoms with Gasteiger partial charge in [-0.1, -0.05) is 20.3 Å². The van der Waals surface area contributed by atoms with Crippen molar-refractivity contribution in [1.29, 1.82) is 0 Å². The number of rotatable bonds is 6. The fourth-order valence-corrected chi connectivity index (χ4v) is 1.93. The zero-order valence-corrected chi connectivity index (χ0v) is 7.99. The fraction of sp³-hybridized carbons (Fsp3) is 0.875. The van der Waals surface area contributed by atoms with Gasteiger partial charge in [0.25, 0.3) is 0 Å². The lowest BCUT2D eigenvalue weighted by Gasteiger charge is -2.07. The van der Waals surface area contributed by atoms with Crippen LogP contribution >= 0.6 is 11.8 Å². The number of hydrogen-bond donors (Lipinski definition) is 1. The lowest BCUT2D eigenvalue weighted by molar-refractivity contribution is -0.136. The molecule has 0 rings (SSSR count). The number of thioether (sulfide) groups is 1. The lowest BCUT2D eigenvalue weighted by atomic mass is 10.3. The van der Waals surface area contributed by atoms with Gasteiger partial charge >= 0.3 is 5.97 Å². The first kappa shape index (κ1) is 10.8. The molecule has 1 unspecified atom stereocenters. The monoisotopic (exact) mass is 176 g/mol. The van der Waals surface area contributed by atoms with Gasteiger partial charge in [-0.25, -0.2) is 0 Å². The molecule has 1 atom stereocenters. The largest absolute Gasteiger partial charge is 0.481 e. The van der Waals surface area contributed by atoms with Gasteiger partial charge < -0.3 is 5.11 Å². The molecule has 0 aliphatic carbocycles. The molecule has 0 spiro atoms. The number of hydrogen-bond acceptors (Lipinski definition) is 2. The molecular weight excluding hydrogens is 160 g/mol. The molecule has 0 fully saturated rings. The topological polar surface area (TPSA) is 37.3 Å². The number of carboxylic acids is 1. The van der Waals surface area contributed by atoms with Crippen LogP contribution < -0.4 is 0 Å². The highest BCUT2D eigenvalue weighted by Crippen LogP contribution is 2.15. The fourth-order valence-electron chi connectivity index (χ4n) is 0.837. The highest BCUT2D eigenvalue weighted by molar-refractivity contribution is 7.99. The molecule has 0 aromatic heterocycles. The van der Waals surface area contributed by atoms with Gasteiger partial charge in [0.2, 0.25) is 0 Å². The summed E-state index contributed by atoms with van der Waals surface area (Å²) in [5, 5.41) is 8.95. The van der Waals surface area contributed by atoms with Crippen LogP contribution in [0.15, 0.2) is 0 Å². The van der Waals surface area contributed by atoms with Crippen LogP contribution in [0.5, 0.6) is 0 Å². The Bertz CT molecular complexity index is 115. The average molecular weight is 176 g/mol. The molecule has 0 aliphatic rings. The Balaban J connectivity index is 3.16. The van der Waals surface area contributed by atoms with E-state index in [-0.39, 0.29) is 0 Å². The number of aliphatic carboxylic acids is 1. The standard InChI is InChI=1S/C8H16O2S/c1-3-4-7(2)11-6-5-8(9)10/h7H,3-6H2,1-2H3,(H,9,10). The van der Waals surface area contributed by atoms with Gasteiger partial charge in [-0.2, -0.15) is 11.8 Å². The summed E-state index contributed by atoms with van der Waals surface area (Å²) in [6.07, 6.45) is 2.66. The Labute approximate surface area is 72.4 Å². The second-order valence-corrected chi connectivity index (χ2v) is 4.16. The summed E-state index contributed by atoms with van der Waals surface area (Å²) in [5.74, 6) is 0.0532. The summed E-state index contributed by atoms with van der Waals surface area (Å²) in [6, 6.07) is 0. The lowest BCUT2D eigenvalue weighted by Crippen LogP contribution is -2.01. The number of carboxylic acid groups (broad SMARTS) is 1. The van der Waals surface area contributed by atoms with Crippen molar-refractivity contribution in [3.63, 3.8) is 0 Å². The summed E-state index contributed by atoms with van der Waals surface area (Å²) >= 11 is 1.75. The summed E-state index contributed by atoms with van der Waals surface area (Å²) in [6.45, 7) is 4.30. The predicted molar refractivity (Wildman–Crippen MR) is 49.1 cm³/mol. The highest BCUT2D eigenvalue weighted by atomic mass is 32.2. The van der Waals surface area contributed by atoms with Gasteiger partial charge in [0.1, 0.15) is 0 Å². The molecule has 0 aromatic rings. The molecule has 11 heavy (non-hydrogen) atoms. The zero-order chi connectivity index (χ0) is 8.69. The maximum atomic E-state index is 10.1. The minimum Gasteiger partial charge on any atom is -0.481 e. The third kappa shape index (κ3) is 7.72. The smallest absolute Gasteiger partial charge is 0.304 e. The Hall–Kier alpha value is -0.180. The minimum atomic E-state index is -0.693. The van der Waals surface area contributed by atoms with Crippen LogP contribution in [0.4, 0.5) is 0 Å².